The first-order chi connectivity index (χ1) is 9.39. The van der Waals surface area contributed by atoms with Gasteiger partial charge in [0.15, 0.2) is 0 Å². The van der Waals surface area contributed by atoms with Crippen molar-refractivity contribution in [2.24, 2.45) is 0 Å². The van der Waals surface area contributed by atoms with Crippen molar-refractivity contribution in [3.05, 3.63) is 30.3 Å². The van der Waals surface area contributed by atoms with E-state index in [2.05, 4.69) is 37.9 Å². The van der Waals surface area contributed by atoms with Gasteiger partial charge in [0.05, 0.1) is 6.61 Å². The van der Waals surface area contributed by atoms with E-state index in [-0.39, 0.29) is 11.1 Å². The van der Waals surface area contributed by atoms with E-state index in [0.29, 0.717) is 0 Å². The molecule has 1 aromatic rings. The van der Waals surface area contributed by atoms with Crippen molar-refractivity contribution in [1.29, 1.82) is 0 Å². The highest BCUT2D eigenvalue weighted by Crippen LogP contribution is 2.23. The monoisotopic (exact) mass is 276 g/mol. The summed E-state index contributed by atoms with van der Waals surface area (Å²) in [7, 11) is 0. The zero-order valence-corrected chi connectivity index (χ0v) is 13.3. The van der Waals surface area contributed by atoms with Gasteiger partial charge in [0, 0.05) is 30.7 Å². The van der Waals surface area contributed by atoms with Crippen LogP contribution < -0.4 is 10.1 Å². The van der Waals surface area contributed by atoms with E-state index >= 15 is 0 Å². The Balaban J connectivity index is 1.77. The van der Waals surface area contributed by atoms with Gasteiger partial charge in [-0.2, -0.15) is 0 Å². The summed E-state index contributed by atoms with van der Waals surface area (Å²) in [4.78, 5) is 2.58. The van der Waals surface area contributed by atoms with Gasteiger partial charge in [-0.05, 0) is 46.2 Å². The molecule has 0 atom stereocenters. The number of hydrogen-bond donors (Lipinski definition) is 1. The first kappa shape index (κ1) is 15.3. The van der Waals surface area contributed by atoms with E-state index in [1.165, 1.54) is 0 Å². The number of nitrogens with zero attached hydrogens (tertiary/aromatic N) is 1. The van der Waals surface area contributed by atoms with Crippen LogP contribution in [0.15, 0.2) is 30.3 Å². The van der Waals surface area contributed by atoms with Crippen LogP contribution in [-0.2, 0) is 0 Å². The largest absolute Gasteiger partial charge is 0.494 e. The predicted octanol–water partition coefficient (Wildman–Crippen LogP) is 2.92. The highest BCUT2D eigenvalue weighted by Gasteiger charge is 2.36. The molecule has 112 valence electrons. The summed E-state index contributed by atoms with van der Waals surface area (Å²) in [5, 5.41) is 3.62. The summed E-state index contributed by atoms with van der Waals surface area (Å²) in [6, 6.07) is 10.1. The molecule has 2 rings (SSSR count). The molecule has 1 saturated heterocycles. The molecule has 0 amide bonds. The Morgan fingerprint density at radius 1 is 1.15 bits per heavy atom. The molecule has 0 spiro atoms. The van der Waals surface area contributed by atoms with Gasteiger partial charge in [-0.25, -0.2) is 0 Å². The molecular weight excluding hydrogens is 248 g/mol. The van der Waals surface area contributed by atoms with Crippen LogP contribution in [0.4, 0.5) is 0 Å². The number of para-hydroxylation sites is 1. The maximum Gasteiger partial charge on any atom is 0.119 e. The maximum absolute atomic E-state index is 5.77. The average molecular weight is 276 g/mol. The molecular formula is C17H28N2O. The predicted molar refractivity (Wildman–Crippen MR) is 84.3 cm³/mol. The highest BCUT2D eigenvalue weighted by molar-refractivity contribution is 5.20. The second-order valence-corrected chi connectivity index (χ2v) is 6.99. The van der Waals surface area contributed by atoms with Crippen LogP contribution in [0.2, 0.25) is 0 Å². The lowest BCUT2D eigenvalue weighted by Gasteiger charge is -2.49. The minimum absolute atomic E-state index is 0.204. The number of benzene rings is 1. The molecule has 3 nitrogen and oxygen atoms in total. The Kier molecular flexibility index (Phi) is 4.71. The topological polar surface area (TPSA) is 24.5 Å². The second kappa shape index (κ2) is 6.15. The number of ether oxygens (including phenoxy) is 1. The minimum Gasteiger partial charge on any atom is -0.494 e. The Morgan fingerprint density at radius 3 is 2.55 bits per heavy atom. The van der Waals surface area contributed by atoms with Gasteiger partial charge in [-0.3, -0.25) is 4.90 Å². The summed E-state index contributed by atoms with van der Waals surface area (Å²) < 4.78 is 5.77. The SMILES string of the molecule is CC1(C)CN(CCCOc2ccccc2)C(C)(C)CN1. The van der Waals surface area contributed by atoms with Crippen LogP contribution in [0.5, 0.6) is 5.75 Å². The van der Waals surface area contributed by atoms with Crippen molar-refractivity contribution >= 4 is 0 Å². The number of hydrogen-bond acceptors (Lipinski definition) is 3. The summed E-state index contributed by atoms with van der Waals surface area (Å²) in [5.41, 5.74) is 0.429. The normalized spacial score (nSPS) is 21.6. The Morgan fingerprint density at radius 2 is 1.85 bits per heavy atom. The average Bonchev–Trinajstić information content (AvgIpc) is 2.40. The fraction of sp³-hybridized carbons (Fsp3) is 0.647. The molecule has 0 aliphatic carbocycles. The molecule has 0 unspecified atom stereocenters. The summed E-state index contributed by atoms with van der Waals surface area (Å²) in [6.45, 7) is 13.2. The Hall–Kier alpha value is -1.06. The molecule has 1 N–H and O–H groups in total. The molecule has 0 radical (unpaired) electrons. The first-order valence-electron chi connectivity index (χ1n) is 7.57. The number of nitrogens with one attached hydrogen (secondary N) is 1. The van der Waals surface area contributed by atoms with Crippen LogP contribution in [0.3, 0.4) is 0 Å². The molecule has 1 aromatic carbocycles. The molecule has 1 aliphatic heterocycles. The van der Waals surface area contributed by atoms with Crippen molar-refractivity contribution in [2.75, 3.05) is 26.2 Å². The number of rotatable bonds is 5. The van der Waals surface area contributed by atoms with E-state index in [9.17, 15) is 0 Å². The third kappa shape index (κ3) is 4.22. The lowest BCUT2D eigenvalue weighted by molar-refractivity contribution is 0.0354. The van der Waals surface area contributed by atoms with Crippen molar-refractivity contribution in [3.8, 4) is 5.75 Å². The molecule has 3 heteroatoms. The summed E-state index contributed by atoms with van der Waals surface area (Å²) in [6.07, 6.45) is 1.06. The van der Waals surface area contributed by atoms with Crippen molar-refractivity contribution in [3.63, 3.8) is 0 Å². The molecule has 0 saturated carbocycles. The smallest absolute Gasteiger partial charge is 0.119 e. The van der Waals surface area contributed by atoms with Crippen molar-refractivity contribution < 1.29 is 4.74 Å². The van der Waals surface area contributed by atoms with E-state index < -0.39 is 0 Å². The van der Waals surface area contributed by atoms with E-state index in [4.69, 9.17) is 4.74 Å². The molecule has 1 aliphatic rings. The van der Waals surface area contributed by atoms with Crippen LogP contribution in [0, 0.1) is 0 Å². The number of piperazine rings is 1. The van der Waals surface area contributed by atoms with Crippen molar-refractivity contribution in [2.45, 2.75) is 45.2 Å². The van der Waals surface area contributed by atoms with Gasteiger partial charge in [-0.15, -0.1) is 0 Å². The summed E-state index contributed by atoms with van der Waals surface area (Å²) in [5.74, 6) is 0.965. The zero-order valence-electron chi connectivity index (χ0n) is 13.3. The Bertz CT molecular complexity index is 414. The lowest BCUT2D eigenvalue weighted by atomic mass is 9.91. The van der Waals surface area contributed by atoms with Gasteiger partial charge >= 0.3 is 0 Å². The van der Waals surface area contributed by atoms with E-state index in [1.807, 2.05) is 30.3 Å². The third-order valence-corrected chi connectivity index (χ3v) is 4.03. The molecule has 1 fully saturated rings. The Labute approximate surface area is 123 Å². The van der Waals surface area contributed by atoms with Crippen LogP contribution in [0.25, 0.3) is 0 Å². The van der Waals surface area contributed by atoms with Crippen LogP contribution in [0.1, 0.15) is 34.1 Å². The molecule has 1 heterocycles. The van der Waals surface area contributed by atoms with Gasteiger partial charge in [-0.1, -0.05) is 18.2 Å². The third-order valence-electron chi connectivity index (χ3n) is 4.03. The van der Waals surface area contributed by atoms with Gasteiger partial charge in [0.2, 0.25) is 0 Å². The van der Waals surface area contributed by atoms with E-state index in [0.717, 1.165) is 38.4 Å². The fourth-order valence-electron chi connectivity index (χ4n) is 2.66. The maximum atomic E-state index is 5.77. The van der Waals surface area contributed by atoms with Gasteiger partial charge < -0.3 is 10.1 Å². The molecule has 20 heavy (non-hydrogen) atoms. The zero-order chi connectivity index (χ0) is 14.6. The highest BCUT2D eigenvalue weighted by atomic mass is 16.5. The van der Waals surface area contributed by atoms with Crippen molar-refractivity contribution in [1.82, 2.24) is 10.2 Å². The standard InChI is InChI=1S/C17H28N2O/c1-16(2)14-19(17(3,4)13-18-16)11-8-12-20-15-9-6-5-7-10-15/h5-7,9-10,18H,8,11-14H2,1-4H3. The van der Waals surface area contributed by atoms with Crippen LogP contribution in [-0.4, -0.2) is 42.2 Å². The molecule has 0 bridgehead atoms. The lowest BCUT2D eigenvalue weighted by Crippen LogP contribution is -2.66. The van der Waals surface area contributed by atoms with Crippen LogP contribution >= 0.6 is 0 Å². The quantitative estimate of drug-likeness (QED) is 0.837. The fourth-order valence-corrected chi connectivity index (χ4v) is 2.66. The minimum atomic E-state index is 0.204. The molecule has 0 aromatic heterocycles. The van der Waals surface area contributed by atoms with Gasteiger partial charge in [0.25, 0.3) is 0 Å². The van der Waals surface area contributed by atoms with Gasteiger partial charge in [0.1, 0.15) is 5.75 Å². The summed E-state index contributed by atoms with van der Waals surface area (Å²) >= 11 is 0. The first-order valence-corrected chi connectivity index (χ1v) is 7.57. The van der Waals surface area contributed by atoms with E-state index in [1.54, 1.807) is 0 Å². The second-order valence-electron chi connectivity index (χ2n) is 6.99.